The Bertz CT molecular complexity index is 1440. The number of rotatable bonds is 1. The van der Waals surface area contributed by atoms with Gasteiger partial charge in [0.25, 0.3) is 0 Å². The van der Waals surface area contributed by atoms with Gasteiger partial charge >= 0.3 is 6.18 Å². The van der Waals surface area contributed by atoms with Crippen molar-refractivity contribution in [2.24, 2.45) is 0 Å². The summed E-state index contributed by atoms with van der Waals surface area (Å²) in [7, 11) is 0. The largest absolute Gasteiger partial charge is 0.482 e. The van der Waals surface area contributed by atoms with Crippen LogP contribution in [0.15, 0.2) is 36.5 Å². The predicted octanol–water partition coefficient (Wildman–Crippen LogP) is 5.38. The molecular formula is C24H22F4N6O. The second kappa shape index (κ2) is 8.10. The molecule has 1 aromatic carbocycles. The first-order chi connectivity index (χ1) is 16.6. The Morgan fingerprint density at radius 1 is 1.17 bits per heavy atom. The molecule has 1 atom stereocenters. The fraction of sp³-hybridized carbons (Fsp3) is 0.292. The number of ether oxygens (including phenoxy) is 1. The zero-order valence-electron chi connectivity index (χ0n) is 19.2. The molecule has 5 rings (SSSR count). The average Bonchev–Trinajstić information content (AvgIpc) is 3.36. The molecule has 182 valence electrons. The van der Waals surface area contributed by atoms with Crippen LogP contribution in [-0.4, -0.2) is 24.5 Å². The number of fused-ring (bicyclic) bond motifs is 7. The number of hydrogen-bond donors (Lipinski definition) is 1. The van der Waals surface area contributed by atoms with Crippen molar-refractivity contribution in [3.63, 3.8) is 0 Å². The summed E-state index contributed by atoms with van der Waals surface area (Å²) in [4.78, 5) is 4.27. The molecule has 0 fully saturated rings. The minimum absolute atomic E-state index is 0.0122. The number of anilines is 1. The predicted molar refractivity (Wildman–Crippen MR) is 121 cm³/mol. The molecule has 0 spiro atoms. The SMILES string of the molecule is CCn1nc(C)c2c1-c1cnc(N)c(c1)O[C@H](C)c1cc(F)ccc1-c1cc(C(F)(F)F)nn1C2. The van der Waals surface area contributed by atoms with Gasteiger partial charge in [-0.05, 0) is 51.1 Å². The van der Waals surface area contributed by atoms with Gasteiger partial charge in [0.2, 0.25) is 0 Å². The standard InChI is InChI=1S/C24H22F4N6O/c1-4-33-22-14-7-20(23(29)30-10-14)35-13(3)17-8-15(25)5-6-16(17)19-9-21(24(26,27)28)32-34(19)11-18(22)12(2)31-33/h5-10,13H,4,11H2,1-3H3,(H2,29,30)/t13-/m1/s1. The maximum atomic E-state index is 14.3. The summed E-state index contributed by atoms with van der Waals surface area (Å²) in [6.07, 6.45) is -3.84. The van der Waals surface area contributed by atoms with Crippen LogP contribution in [0.1, 0.15) is 42.5 Å². The van der Waals surface area contributed by atoms with Crippen molar-refractivity contribution in [2.45, 2.75) is 46.1 Å². The third-order valence-electron chi connectivity index (χ3n) is 6.12. The lowest BCUT2D eigenvalue weighted by atomic mass is 9.99. The normalized spacial score (nSPS) is 15.3. The molecular weight excluding hydrogens is 464 g/mol. The van der Waals surface area contributed by atoms with Gasteiger partial charge in [0.1, 0.15) is 11.9 Å². The highest BCUT2D eigenvalue weighted by molar-refractivity contribution is 5.70. The highest BCUT2D eigenvalue weighted by Crippen LogP contribution is 2.39. The quantitative estimate of drug-likeness (QED) is 0.365. The minimum atomic E-state index is -4.66. The first-order valence-electron chi connectivity index (χ1n) is 11.0. The zero-order chi connectivity index (χ0) is 25.1. The number of nitrogens with two attached hydrogens (primary N) is 1. The van der Waals surface area contributed by atoms with E-state index in [1.165, 1.54) is 22.9 Å². The molecule has 11 heteroatoms. The van der Waals surface area contributed by atoms with Crippen molar-refractivity contribution < 1.29 is 22.3 Å². The van der Waals surface area contributed by atoms with Crippen LogP contribution < -0.4 is 10.5 Å². The Hall–Kier alpha value is -3.89. The first-order valence-corrected chi connectivity index (χ1v) is 11.0. The van der Waals surface area contributed by atoms with Crippen LogP contribution in [0, 0.1) is 12.7 Å². The van der Waals surface area contributed by atoms with Crippen molar-refractivity contribution >= 4 is 5.82 Å². The highest BCUT2D eigenvalue weighted by atomic mass is 19.4. The maximum absolute atomic E-state index is 14.3. The average molecular weight is 486 g/mol. The molecule has 2 N–H and O–H groups in total. The van der Waals surface area contributed by atoms with Gasteiger partial charge in [0.15, 0.2) is 17.3 Å². The molecule has 0 saturated heterocycles. The first kappa shape index (κ1) is 22.9. The van der Waals surface area contributed by atoms with Crippen molar-refractivity contribution in [2.75, 3.05) is 5.73 Å². The number of aryl methyl sites for hydroxylation is 2. The topological polar surface area (TPSA) is 83.8 Å². The van der Waals surface area contributed by atoms with Gasteiger partial charge in [0.05, 0.1) is 23.6 Å². The molecule has 0 unspecified atom stereocenters. The van der Waals surface area contributed by atoms with Crippen LogP contribution in [0.2, 0.25) is 0 Å². The van der Waals surface area contributed by atoms with Crippen LogP contribution >= 0.6 is 0 Å². The number of pyridine rings is 1. The number of alkyl halides is 3. The zero-order valence-corrected chi connectivity index (χ0v) is 19.2. The molecule has 35 heavy (non-hydrogen) atoms. The minimum Gasteiger partial charge on any atom is -0.482 e. The van der Waals surface area contributed by atoms with E-state index in [1.807, 2.05) is 6.92 Å². The van der Waals surface area contributed by atoms with Crippen LogP contribution in [0.4, 0.5) is 23.4 Å². The van der Waals surface area contributed by atoms with E-state index in [0.29, 0.717) is 40.2 Å². The number of halogens is 4. The van der Waals surface area contributed by atoms with Gasteiger partial charge < -0.3 is 10.5 Å². The van der Waals surface area contributed by atoms with E-state index >= 15 is 0 Å². The van der Waals surface area contributed by atoms with E-state index in [4.69, 9.17) is 10.5 Å². The summed E-state index contributed by atoms with van der Waals surface area (Å²) < 4.78 is 64.6. The van der Waals surface area contributed by atoms with Gasteiger partial charge in [0, 0.05) is 35.0 Å². The van der Waals surface area contributed by atoms with Crippen molar-refractivity contribution in [1.29, 1.82) is 0 Å². The molecule has 7 nitrogen and oxygen atoms in total. The van der Waals surface area contributed by atoms with E-state index in [9.17, 15) is 17.6 Å². The third-order valence-corrected chi connectivity index (χ3v) is 6.12. The van der Waals surface area contributed by atoms with Crippen LogP contribution in [-0.2, 0) is 19.3 Å². The second-order valence-electron chi connectivity index (χ2n) is 8.40. The molecule has 4 heterocycles. The lowest BCUT2D eigenvalue weighted by Gasteiger charge is -2.21. The fourth-order valence-electron chi connectivity index (χ4n) is 4.44. The van der Waals surface area contributed by atoms with Crippen LogP contribution in [0.3, 0.4) is 0 Å². The lowest BCUT2D eigenvalue weighted by molar-refractivity contribution is -0.141. The number of benzene rings is 1. The van der Waals surface area contributed by atoms with E-state index in [0.717, 1.165) is 6.07 Å². The number of nitrogens with zero attached hydrogens (tertiary/aromatic N) is 5. The molecule has 0 radical (unpaired) electrons. The Morgan fingerprint density at radius 3 is 2.66 bits per heavy atom. The number of hydrogen-bond acceptors (Lipinski definition) is 5. The summed E-state index contributed by atoms with van der Waals surface area (Å²) >= 11 is 0. The second-order valence-corrected chi connectivity index (χ2v) is 8.40. The van der Waals surface area contributed by atoms with Gasteiger partial charge in [-0.15, -0.1) is 0 Å². The van der Waals surface area contributed by atoms with Gasteiger partial charge in [-0.25, -0.2) is 9.37 Å². The summed E-state index contributed by atoms with van der Waals surface area (Å²) in [5.41, 5.74) is 8.59. The van der Waals surface area contributed by atoms with Gasteiger partial charge in [-0.1, -0.05) is 0 Å². The summed E-state index contributed by atoms with van der Waals surface area (Å²) in [6.45, 7) is 5.91. The van der Waals surface area contributed by atoms with Crippen molar-refractivity contribution in [3.8, 4) is 28.3 Å². The molecule has 0 amide bonds. The lowest BCUT2D eigenvalue weighted by Crippen LogP contribution is -2.13. The monoisotopic (exact) mass is 486 g/mol. The Kier molecular flexibility index (Phi) is 5.30. The highest BCUT2D eigenvalue weighted by Gasteiger charge is 2.36. The number of aromatic nitrogens is 5. The number of nitrogen functional groups attached to an aromatic ring is 1. The Balaban J connectivity index is 1.85. The van der Waals surface area contributed by atoms with Crippen LogP contribution in [0.25, 0.3) is 22.5 Å². The van der Waals surface area contributed by atoms with E-state index in [1.54, 1.807) is 30.8 Å². The van der Waals surface area contributed by atoms with Crippen LogP contribution in [0.5, 0.6) is 5.75 Å². The Morgan fingerprint density at radius 2 is 1.94 bits per heavy atom. The van der Waals surface area contributed by atoms with E-state index < -0.39 is 23.8 Å². The molecule has 0 aliphatic carbocycles. The summed E-state index contributed by atoms with van der Waals surface area (Å²) in [5.74, 6) is -0.126. The summed E-state index contributed by atoms with van der Waals surface area (Å²) in [5, 5.41) is 8.48. The molecule has 1 aliphatic rings. The molecule has 1 aliphatic heterocycles. The van der Waals surface area contributed by atoms with Crippen molar-refractivity contribution in [3.05, 3.63) is 64.9 Å². The molecule has 0 saturated carbocycles. The van der Waals surface area contributed by atoms with E-state index in [2.05, 4.69) is 15.2 Å². The maximum Gasteiger partial charge on any atom is 0.435 e. The van der Waals surface area contributed by atoms with Crippen molar-refractivity contribution in [1.82, 2.24) is 24.5 Å². The molecule has 4 aromatic rings. The summed E-state index contributed by atoms with van der Waals surface area (Å²) in [6, 6.07) is 6.57. The smallest absolute Gasteiger partial charge is 0.435 e. The molecule has 3 aromatic heterocycles. The van der Waals surface area contributed by atoms with Gasteiger partial charge in [-0.3, -0.25) is 9.36 Å². The third kappa shape index (κ3) is 3.90. The molecule has 2 bridgehead atoms. The fourth-order valence-corrected chi connectivity index (χ4v) is 4.44. The van der Waals surface area contributed by atoms with E-state index in [-0.39, 0.29) is 23.8 Å². The Labute approximate surface area is 198 Å². The van der Waals surface area contributed by atoms with Gasteiger partial charge in [-0.2, -0.15) is 23.4 Å².